The van der Waals surface area contributed by atoms with Crippen LogP contribution in [0, 0.1) is 6.92 Å². The van der Waals surface area contributed by atoms with E-state index in [-0.39, 0.29) is 5.54 Å². The Labute approximate surface area is 114 Å². The van der Waals surface area contributed by atoms with Crippen molar-refractivity contribution < 1.29 is 0 Å². The van der Waals surface area contributed by atoms with Crippen molar-refractivity contribution >= 4 is 23.1 Å². The van der Waals surface area contributed by atoms with E-state index >= 15 is 0 Å². The van der Waals surface area contributed by atoms with Crippen LogP contribution in [-0.4, -0.2) is 15.8 Å². The first-order valence-electron chi connectivity index (χ1n) is 6.10. The Kier molecular flexibility index (Phi) is 5.48. The Balaban J connectivity index is 2.56. The summed E-state index contributed by atoms with van der Waals surface area (Å²) in [6, 6.07) is 0. The van der Waals surface area contributed by atoms with Crippen molar-refractivity contribution in [1.29, 1.82) is 0 Å². The number of hydrogen-bond donors (Lipinski definition) is 1. The van der Waals surface area contributed by atoms with Crippen molar-refractivity contribution in [2.75, 3.05) is 0 Å². The van der Waals surface area contributed by atoms with Crippen LogP contribution in [0.5, 0.6) is 0 Å². The Hall–Kier alpha value is -0.0600. The average molecular weight is 272 g/mol. The molecule has 1 aromatic rings. The van der Waals surface area contributed by atoms with Crippen LogP contribution in [0.4, 0.5) is 0 Å². The molecule has 0 saturated carbocycles. The first-order chi connectivity index (χ1) is 7.78. The van der Waals surface area contributed by atoms with Gasteiger partial charge in [0.2, 0.25) is 0 Å². The van der Waals surface area contributed by atoms with Crippen LogP contribution < -0.4 is 5.32 Å². The van der Waals surface area contributed by atoms with Gasteiger partial charge in [-0.3, -0.25) is 0 Å². The van der Waals surface area contributed by atoms with Crippen molar-refractivity contribution in [3.8, 4) is 0 Å². The van der Waals surface area contributed by atoms with E-state index in [0.29, 0.717) is 5.25 Å². The fraction of sp³-hybridized carbons (Fsp3) is 0.769. The van der Waals surface area contributed by atoms with E-state index in [9.17, 15) is 0 Å². The van der Waals surface area contributed by atoms with Gasteiger partial charge < -0.3 is 5.32 Å². The molecule has 98 valence electrons. The maximum atomic E-state index is 4.64. The molecule has 0 radical (unpaired) electrons. The van der Waals surface area contributed by atoms with Crippen LogP contribution in [0.25, 0.3) is 0 Å². The van der Waals surface area contributed by atoms with Crippen LogP contribution in [0.1, 0.15) is 50.2 Å². The summed E-state index contributed by atoms with van der Waals surface area (Å²) in [5.41, 5.74) is 1.36. The van der Waals surface area contributed by atoms with E-state index in [1.54, 1.807) is 0 Å². The smallest absolute Gasteiger partial charge is 0.103 e. The molecule has 0 spiro atoms. The zero-order valence-corrected chi connectivity index (χ0v) is 13.4. The number of hydrogen-bond acceptors (Lipinski definition) is 4. The summed E-state index contributed by atoms with van der Waals surface area (Å²) in [6.07, 6.45) is 0. The van der Waals surface area contributed by atoms with Crippen molar-refractivity contribution in [2.45, 2.75) is 64.6 Å². The number of thioether (sulfide) groups is 1. The third kappa shape index (κ3) is 5.89. The summed E-state index contributed by atoms with van der Waals surface area (Å²) in [6.45, 7) is 14.1. The van der Waals surface area contributed by atoms with Crippen LogP contribution in [0.3, 0.4) is 0 Å². The molecule has 0 aliphatic rings. The summed E-state index contributed by atoms with van der Waals surface area (Å²) in [7, 11) is 0. The van der Waals surface area contributed by atoms with Crippen LogP contribution in [0.15, 0.2) is 0 Å². The lowest BCUT2D eigenvalue weighted by atomic mass is 10.1. The third-order valence-electron chi connectivity index (χ3n) is 2.26. The molecule has 0 amide bonds. The van der Waals surface area contributed by atoms with E-state index in [1.807, 2.05) is 23.1 Å². The Morgan fingerprint density at radius 2 is 2.00 bits per heavy atom. The average Bonchev–Trinajstić information content (AvgIpc) is 2.52. The van der Waals surface area contributed by atoms with Crippen molar-refractivity contribution in [3.63, 3.8) is 0 Å². The lowest BCUT2D eigenvalue weighted by molar-refractivity contribution is 0.425. The van der Waals surface area contributed by atoms with E-state index in [0.717, 1.165) is 12.3 Å². The van der Waals surface area contributed by atoms with Gasteiger partial charge in [0, 0.05) is 22.7 Å². The van der Waals surface area contributed by atoms with E-state index in [4.69, 9.17) is 0 Å². The number of aromatic nitrogens is 1. The van der Waals surface area contributed by atoms with Gasteiger partial charge in [-0.15, -0.1) is 11.3 Å². The lowest BCUT2D eigenvalue weighted by Gasteiger charge is -2.19. The van der Waals surface area contributed by atoms with Crippen molar-refractivity contribution in [2.24, 2.45) is 0 Å². The highest BCUT2D eigenvalue weighted by atomic mass is 32.2. The SMILES string of the molecule is Cc1nc(CSC(C)C)sc1CNC(C)(C)C. The minimum absolute atomic E-state index is 0.170. The predicted octanol–water partition coefficient (Wildman–Crippen LogP) is 3.98. The van der Waals surface area contributed by atoms with Crippen molar-refractivity contribution in [1.82, 2.24) is 10.3 Å². The van der Waals surface area contributed by atoms with E-state index in [2.05, 4.69) is 51.8 Å². The fourth-order valence-corrected chi connectivity index (χ4v) is 3.08. The van der Waals surface area contributed by atoms with E-state index < -0.39 is 0 Å². The standard InChI is InChI=1S/C13H24N2S2/c1-9(2)16-8-12-15-10(3)11(17-12)7-14-13(4,5)6/h9,14H,7-8H2,1-6H3. The fourth-order valence-electron chi connectivity index (χ4n) is 1.30. The molecule has 1 heterocycles. The number of aryl methyl sites for hydroxylation is 1. The van der Waals surface area contributed by atoms with Crippen LogP contribution in [0.2, 0.25) is 0 Å². The molecular formula is C13H24N2S2. The molecular weight excluding hydrogens is 248 g/mol. The van der Waals surface area contributed by atoms with Gasteiger partial charge in [0.25, 0.3) is 0 Å². The van der Waals surface area contributed by atoms with Crippen LogP contribution >= 0.6 is 23.1 Å². The molecule has 17 heavy (non-hydrogen) atoms. The van der Waals surface area contributed by atoms with E-state index in [1.165, 1.54) is 15.6 Å². The molecule has 0 bridgehead atoms. The second kappa shape index (κ2) is 6.21. The lowest BCUT2D eigenvalue weighted by Crippen LogP contribution is -2.34. The number of rotatable bonds is 5. The quantitative estimate of drug-likeness (QED) is 0.877. The Morgan fingerprint density at radius 3 is 2.53 bits per heavy atom. The minimum Gasteiger partial charge on any atom is -0.307 e. The molecule has 1 rings (SSSR count). The molecule has 0 fully saturated rings. The highest BCUT2D eigenvalue weighted by Crippen LogP contribution is 2.24. The second-order valence-electron chi connectivity index (χ2n) is 5.58. The highest BCUT2D eigenvalue weighted by Gasteiger charge is 2.12. The number of nitrogens with one attached hydrogen (secondary N) is 1. The molecule has 1 aromatic heterocycles. The minimum atomic E-state index is 0.170. The summed E-state index contributed by atoms with van der Waals surface area (Å²) in [4.78, 5) is 6.02. The van der Waals surface area contributed by atoms with Crippen LogP contribution in [-0.2, 0) is 12.3 Å². The first-order valence-corrected chi connectivity index (χ1v) is 7.96. The maximum absolute atomic E-state index is 4.64. The number of thiazole rings is 1. The van der Waals surface area contributed by atoms with Gasteiger partial charge in [0.05, 0.1) is 5.69 Å². The predicted molar refractivity (Wildman–Crippen MR) is 79.9 cm³/mol. The van der Waals surface area contributed by atoms with Gasteiger partial charge in [-0.25, -0.2) is 4.98 Å². The zero-order chi connectivity index (χ0) is 13.1. The Bertz CT molecular complexity index is 351. The van der Waals surface area contributed by atoms with Gasteiger partial charge in [-0.1, -0.05) is 13.8 Å². The van der Waals surface area contributed by atoms with Crippen molar-refractivity contribution in [3.05, 3.63) is 15.6 Å². The normalized spacial score (nSPS) is 12.4. The van der Waals surface area contributed by atoms with Gasteiger partial charge >= 0.3 is 0 Å². The second-order valence-corrected chi connectivity index (χ2v) is 8.31. The van der Waals surface area contributed by atoms with Gasteiger partial charge in [0.15, 0.2) is 0 Å². The summed E-state index contributed by atoms with van der Waals surface area (Å²) in [5.74, 6) is 1.04. The van der Waals surface area contributed by atoms with Gasteiger partial charge in [-0.2, -0.15) is 11.8 Å². The van der Waals surface area contributed by atoms with Gasteiger partial charge in [-0.05, 0) is 32.9 Å². The topological polar surface area (TPSA) is 24.9 Å². The summed E-state index contributed by atoms with van der Waals surface area (Å²) >= 11 is 3.81. The molecule has 1 N–H and O–H groups in total. The van der Waals surface area contributed by atoms with Gasteiger partial charge in [0.1, 0.15) is 5.01 Å². The molecule has 4 heteroatoms. The number of nitrogens with zero attached hydrogens (tertiary/aromatic N) is 1. The maximum Gasteiger partial charge on any atom is 0.103 e. The monoisotopic (exact) mass is 272 g/mol. The molecule has 0 unspecified atom stereocenters. The molecule has 0 aromatic carbocycles. The zero-order valence-electron chi connectivity index (χ0n) is 11.8. The molecule has 2 nitrogen and oxygen atoms in total. The highest BCUT2D eigenvalue weighted by molar-refractivity contribution is 7.99. The first kappa shape index (κ1) is 15.0. The summed E-state index contributed by atoms with van der Waals surface area (Å²) in [5, 5.41) is 5.45. The molecule has 0 atom stereocenters. The third-order valence-corrected chi connectivity index (χ3v) is 4.70. The molecule has 0 aliphatic carbocycles. The molecule has 0 aliphatic heterocycles. The molecule has 0 saturated heterocycles. The Morgan fingerprint density at radius 1 is 1.35 bits per heavy atom. The summed E-state index contributed by atoms with van der Waals surface area (Å²) < 4.78 is 0. The largest absolute Gasteiger partial charge is 0.307 e.